The van der Waals surface area contributed by atoms with Crippen molar-refractivity contribution in [1.29, 1.82) is 0 Å². The minimum atomic E-state index is -0.204. The SMILES string of the molecule is COc1cc(O)c(OC)c(OC)c1O. The van der Waals surface area contributed by atoms with Gasteiger partial charge in [0.2, 0.25) is 17.2 Å². The van der Waals surface area contributed by atoms with Crippen LogP contribution in [0.15, 0.2) is 6.07 Å². The summed E-state index contributed by atoms with van der Waals surface area (Å²) in [4.78, 5) is 0. The van der Waals surface area contributed by atoms with E-state index in [0.717, 1.165) is 0 Å². The van der Waals surface area contributed by atoms with Gasteiger partial charge in [0, 0.05) is 6.07 Å². The highest BCUT2D eigenvalue weighted by molar-refractivity contribution is 5.64. The van der Waals surface area contributed by atoms with Gasteiger partial charge in [0.15, 0.2) is 11.5 Å². The minimum Gasteiger partial charge on any atom is -0.504 e. The van der Waals surface area contributed by atoms with Crippen molar-refractivity contribution in [3.8, 4) is 28.7 Å². The Bertz CT molecular complexity index is 334. The van der Waals surface area contributed by atoms with Gasteiger partial charge in [-0.2, -0.15) is 0 Å². The Morgan fingerprint density at radius 2 is 1.50 bits per heavy atom. The van der Waals surface area contributed by atoms with Gasteiger partial charge in [0.25, 0.3) is 0 Å². The first kappa shape index (κ1) is 10.3. The average Bonchev–Trinajstić information content (AvgIpc) is 2.20. The van der Waals surface area contributed by atoms with Crippen molar-refractivity contribution in [3.05, 3.63) is 6.07 Å². The minimum absolute atomic E-state index is 0.0457. The van der Waals surface area contributed by atoms with Crippen LogP contribution in [0, 0.1) is 0 Å². The highest BCUT2D eigenvalue weighted by Crippen LogP contribution is 2.48. The Morgan fingerprint density at radius 3 is 1.93 bits per heavy atom. The molecule has 0 saturated heterocycles. The van der Waals surface area contributed by atoms with Crippen molar-refractivity contribution in [2.45, 2.75) is 0 Å². The van der Waals surface area contributed by atoms with Crippen molar-refractivity contribution in [1.82, 2.24) is 0 Å². The molecular formula is C9H12O5. The third-order valence-corrected chi connectivity index (χ3v) is 1.78. The fourth-order valence-corrected chi connectivity index (χ4v) is 1.14. The summed E-state index contributed by atoms with van der Waals surface area (Å²) in [5.74, 6) is -0.112. The van der Waals surface area contributed by atoms with Crippen LogP contribution in [0.4, 0.5) is 0 Å². The number of phenols is 2. The van der Waals surface area contributed by atoms with Crippen LogP contribution in [0.1, 0.15) is 0 Å². The van der Waals surface area contributed by atoms with Crippen molar-refractivity contribution in [2.24, 2.45) is 0 Å². The molecule has 1 rings (SSSR count). The van der Waals surface area contributed by atoms with Crippen LogP contribution in [0.3, 0.4) is 0 Å². The molecule has 0 amide bonds. The van der Waals surface area contributed by atoms with E-state index in [-0.39, 0.29) is 28.7 Å². The maximum Gasteiger partial charge on any atom is 0.211 e. The third kappa shape index (κ3) is 1.48. The second-order valence-corrected chi connectivity index (χ2v) is 2.51. The van der Waals surface area contributed by atoms with Crippen LogP contribution >= 0.6 is 0 Å². The number of hydrogen-bond acceptors (Lipinski definition) is 5. The molecule has 0 spiro atoms. The van der Waals surface area contributed by atoms with Crippen molar-refractivity contribution < 1.29 is 24.4 Å². The zero-order valence-electron chi connectivity index (χ0n) is 8.20. The number of methoxy groups -OCH3 is 3. The van der Waals surface area contributed by atoms with Gasteiger partial charge in [0.1, 0.15) is 0 Å². The lowest BCUT2D eigenvalue weighted by molar-refractivity contribution is 0.301. The fraction of sp³-hybridized carbons (Fsp3) is 0.333. The Hall–Kier alpha value is -1.78. The third-order valence-electron chi connectivity index (χ3n) is 1.78. The van der Waals surface area contributed by atoms with Gasteiger partial charge >= 0.3 is 0 Å². The van der Waals surface area contributed by atoms with E-state index in [2.05, 4.69) is 0 Å². The molecule has 0 aliphatic rings. The van der Waals surface area contributed by atoms with Crippen LogP contribution in [0.25, 0.3) is 0 Å². The number of rotatable bonds is 3. The summed E-state index contributed by atoms with van der Waals surface area (Å²) in [6.07, 6.45) is 0. The lowest BCUT2D eigenvalue weighted by Gasteiger charge is -2.13. The molecule has 1 aromatic rings. The van der Waals surface area contributed by atoms with Gasteiger partial charge in [-0.1, -0.05) is 0 Å². The fourth-order valence-electron chi connectivity index (χ4n) is 1.14. The molecule has 0 radical (unpaired) electrons. The molecule has 0 heterocycles. The lowest BCUT2D eigenvalue weighted by Crippen LogP contribution is -1.93. The molecule has 0 aliphatic heterocycles. The summed E-state index contributed by atoms with van der Waals surface area (Å²) < 4.78 is 14.6. The maximum atomic E-state index is 9.58. The molecule has 0 aromatic heterocycles. The second-order valence-electron chi connectivity index (χ2n) is 2.51. The van der Waals surface area contributed by atoms with E-state index in [9.17, 15) is 10.2 Å². The molecule has 78 valence electrons. The quantitative estimate of drug-likeness (QED) is 0.715. The van der Waals surface area contributed by atoms with E-state index in [1.54, 1.807) is 0 Å². The molecule has 0 unspecified atom stereocenters. The van der Waals surface area contributed by atoms with Crippen LogP contribution in [-0.2, 0) is 0 Å². The summed E-state index contributed by atoms with van der Waals surface area (Å²) in [5.41, 5.74) is 0. The Morgan fingerprint density at radius 1 is 0.929 bits per heavy atom. The molecule has 2 N–H and O–H groups in total. The molecular weight excluding hydrogens is 188 g/mol. The van der Waals surface area contributed by atoms with Crippen LogP contribution in [-0.4, -0.2) is 31.5 Å². The highest BCUT2D eigenvalue weighted by atomic mass is 16.5. The molecule has 1 aromatic carbocycles. The van der Waals surface area contributed by atoms with Crippen molar-refractivity contribution >= 4 is 0 Å². The van der Waals surface area contributed by atoms with Gasteiger partial charge < -0.3 is 24.4 Å². The first-order valence-electron chi connectivity index (χ1n) is 3.86. The molecule has 5 heteroatoms. The zero-order chi connectivity index (χ0) is 10.7. The highest BCUT2D eigenvalue weighted by Gasteiger charge is 2.19. The van der Waals surface area contributed by atoms with Crippen molar-refractivity contribution in [3.63, 3.8) is 0 Å². The van der Waals surface area contributed by atoms with E-state index in [4.69, 9.17) is 14.2 Å². The van der Waals surface area contributed by atoms with E-state index in [1.807, 2.05) is 0 Å². The first-order chi connectivity index (χ1) is 6.65. The standard InChI is InChI=1S/C9H12O5/c1-12-6-4-5(10)8(13-2)9(14-3)7(6)11/h4,10-11H,1-3H3. The lowest BCUT2D eigenvalue weighted by atomic mass is 10.2. The van der Waals surface area contributed by atoms with E-state index in [0.29, 0.717) is 0 Å². The normalized spacial score (nSPS) is 9.64. The first-order valence-corrected chi connectivity index (χ1v) is 3.86. The van der Waals surface area contributed by atoms with Gasteiger partial charge in [-0.3, -0.25) is 0 Å². The Balaban J connectivity index is 3.40. The molecule has 0 bridgehead atoms. The summed E-state index contributed by atoms with van der Waals surface area (Å²) in [6, 6.07) is 1.25. The van der Waals surface area contributed by atoms with Crippen LogP contribution in [0.2, 0.25) is 0 Å². The Labute approximate surface area is 81.5 Å². The number of ether oxygens (including phenoxy) is 3. The maximum absolute atomic E-state index is 9.58. The number of phenolic OH excluding ortho intramolecular Hbond substituents is 2. The van der Waals surface area contributed by atoms with E-state index < -0.39 is 0 Å². The monoisotopic (exact) mass is 200 g/mol. The molecule has 0 fully saturated rings. The molecule has 5 nitrogen and oxygen atoms in total. The smallest absolute Gasteiger partial charge is 0.211 e. The van der Waals surface area contributed by atoms with Gasteiger partial charge in [-0.05, 0) is 0 Å². The predicted molar refractivity (Wildman–Crippen MR) is 49.4 cm³/mol. The van der Waals surface area contributed by atoms with E-state index in [1.165, 1.54) is 27.4 Å². The summed E-state index contributed by atoms with van der Waals surface area (Å²) >= 11 is 0. The summed E-state index contributed by atoms with van der Waals surface area (Å²) in [7, 11) is 4.10. The molecule has 14 heavy (non-hydrogen) atoms. The van der Waals surface area contributed by atoms with Crippen molar-refractivity contribution in [2.75, 3.05) is 21.3 Å². The van der Waals surface area contributed by atoms with Gasteiger partial charge in [-0.25, -0.2) is 0 Å². The zero-order valence-corrected chi connectivity index (χ0v) is 8.20. The molecule has 0 atom stereocenters. The second kappa shape index (κ2) is 3.95. The largest absolute Gasteiger partial charge is 0.504 e. The summed E-state index contributed by atoms with van der Waals surface area (Å²) in [6.45, 7) is 0. The Kier molecular flexibility index (Phi) is 2.91. The number of aromatic hydroxyl groups is 2. The van der Waals surface area contributed by atoms with Crippen LogP contribution < -0.4 is 14.2 Å². The summed E-state index contributed by atoms with van der Waals surface area (Å²) in [5, 5.41) is 19.0. The molecule has 0 aliphatic carbocycles. The van der Waals surface area contributed by atoms with Gasteiger partial charge in [0.05, 0.1) is 21.3 Å². The van der Waals surface area contributed by atoms with E-state index >= 15 is 0 Å². The molecule has 0 saturated carbocycles. The van der Waals surface area contributed by atoms with Gasteiger partial charge in [-0.15, -0.1) is 0 Å². The number of hydrogen-bond donors (Lipinski definition) is 2. The predicted octanol–water partition coefficient (Wildman–Crippen LogP) is 1.12. The van der Waals surface area contributed by atoms with Crippen LogP contribution in [0.5, 0.6) is 28.7 Å². The number of benzene rings is 1. The topological polar surface area (TPSA) is 68.2 Å². The average molecular weight is 200 g/mol.